The maximum Gasteiger partial charge on any atom is 0.217 e. The van der Waals surface area contributed by atoms with Gasteiger partial charge in [-0.2, -0.15) is 0 Å². The summed E-state index contributed by atoms with van der Waals surface area (Å²) < 4.78 is 0. The van der Waals surface area contributed by atoms with Gasteiger partial charge in [-0.25, -0.2) is 4.98 Å². The Labute approximate surface area is 113 Å². The highest BCUT2D eigenvalue weighted by atomic mass is 16.3. The first kappa shape index (κ1) is 13.8. The molecule has 0 radical (unpaired) electrons. The van der Waals surface area contributed by atoms with Crippen LogP contribution in [0.2, 0.25) is 0 Å². The van der Waals surface area contributed by atoms with Gasteiger partial charge in [-0.1, -0.05) is 6.07 Å². The van der Waals surface area contributed by atoms with Gasteiger partial charge in [-0.15, -0.1) is 0 Å². The van der Waals surface area contributed by atoms with Crippen molar-refractivity contribution in [1.29, 1.82) is 0 Å². The predicted octanol–water partition coefficient (Wildman–Crippen LogP) is 1.23. The summed E-state index contributed by atoms with van der Waals surface area (Å²) in [7, 11) is 0. The molecular formula is C14H21N3O2. The fourth-order valence-electron chi connectivity index (χ4n) is 2.63. The van der Waals surface area contributed by atoms with E-state index in [2.05, 4.69) is 9.88 Å². The zero-order valence-electron chi connectivity index (χ0n) is 11.2. The fraction of sp³-hybridized carbons (Fsp3) is 0.571. The third-order valence-electron chi connectivity index (χ3n) is 3.67. The van der Waals surface area contributed by atoms with Crippen molar-refractivity contribution in [2.24, 2.45) is 11.7 Å². The number of aliphatic hydroxyl groups excluding tert-OH is 1. The van der Waals surface area contributed by atoms with Crippen LogP contribution in [-0.4, -0.2) is 29.1 Å². The quantitative estimate of drug-likeness (QED) is 0.856. The first-order valence-electron chi connectivity index (χ1n) is 6.74. The van der Waals surface area contributed by atoms with E-state index in [9.17, 15) is 9.90 Å². The van der Waals surface area contributed by atoms with Crippen LogP contribution in [0.1, 0.15) is 37.9 Å². The highest BCUT2D eigenvalue weighted by molar-refractivity contribution is 5.74. The van der Waals surface area contributed by atoms with Gasteiger partial charge in [-0.05, 0) is 31.7 Å². The number of hydrogen-bond acceptors (Lipinski definition) is 4. The number of nitrogens with two attached hydrogens (primary N) is 1. The third-order valence-corrected chi connectivity index (χ3v) is 3.67. The predicted molar refractivity (Wildman–Crippen MR) is 73.6 cm³/mol. The number of amides is 1. The number of carbonyl (C=O) groups excluding carboxylic acids is 1. The molecule has 1 aromatic rings. The van der Waals surface area contributed by atoms with Gasteiger partial charge in [0.05, 0.1) is 6.10 Å². The normalized spacial score (nSPS) is 18.3. The number of aromatic nitrogens is 1. The Morgan fingerprint density at radius 3 is 2.84 bits per heavy atom. The lowest BCUT2D eigenvalue weighted by molar-refractivity contribution is -0.119. The molecule has 1 aliphatic heterocycles. The van der Waals surface area contributed by atoms with Crippen LogP contribution < -0.4 is 10.6 Å². The van der Waals surface area contributed by atoms with E-state index in [1.165, 1.54) is 0 Å². The summed E-state index contributed by atoms with van der Waals surface area (Å²) in [5, 5.41) is 9.78. The van der Waals surface area contributed by atoms with E-state index in [4.69, 9.17) is 5.73 Å². The van der Waals surface area contributed by atoms with Gasteiger partial charge >= 0.3 is 0 Å². The van der Waals surface area contributed by atoms with E-state index >= 15 is 0 Å². The van der Waals surface area contributed by atoms with Crippen LogP contribution in [0.4, 0.5) is 5.82 Å². The lowest BCUT2D eigenvalue weighted by Gasteiger charge is -2.33. The molecule has 0 saturated carbocycles. The Morgan fingerprint density at radius 2 is 2.26 bits per heavy atom. The first-order chi connectivity index (χ1) is 9.08. The second kappa shape index (κ2) is 6.02. The van der Waals surface area contributed by atoms with E-state index in [0.29, 0.717) is 12.3 Å². The molecule has 104 valence electrons. The first-order valence-corrected chi connectivity index (χ1v) is 6.74. The smallest absolute Gasteiger partial charge is 0.217 e. The van der Waals surface area contributed by atoms with Crippen molar-refractivity contribution in [2.45, 2.75) is 32.3 Å². The highest BCUT2D eigenvalue weighted by Crippen LogP contribution is 2.28. The summed E-state index contributed by atoms with van der Waals surface area (Å²) in [5.41, 5.74) is 6.09. The van der Waals surface area contributed by atoms with E-state index in [1.54, 1.807) is 13.1 Å². The summed E-state index contributed by atoms with van der Waals surface area (Å²) in [5.74, 6) is 1.02. The summed E-state index contributed by atoms with van der Waals surface area (Å²) in [6.07, 6.45) is 3.58. The molecule has 1 fully saturated rings. The SMILES string of the molecule is C[C@H](O)c1cccnc1N1CCC(CC(N)=O)CC1. The van der Waals surface area contributed by atoms with Gasteiger partial charge in [-0.3, -0.25) is 4.79 Å². The van der Waals surface area contributed by atoms with E-state index < -0.39 is 6.10 Å². The van der Waals surface area contributed by atoms with E-state index in [-0.39, 0.29) is 5.91 Å². The Kier molecular flexibility index (Phi) is 4.37. The number of carbonyl (C=O) groups is 1. The minimum atomic E-state index is -0.521. The average molecular weight is 263 g/mol. The Balaban J connectivity index is 2.03. The molecule has 3 N–H and O–H groups in total. The molecule has 2 heterocycles. The molecule has 19 heavy (non-hydrogen) atoms. The van der Waals surface area contributed by atoms with Crippen molar-refractivity contribution in [3.63, 3.8) is 0 Å². The molecule has 0 spiro atoms. The molecule has 1 saturated heterocycles. The maximum absolute atomic E-state index is 10.9. The number of rotatable bonds is 4. The molecule has 0 aliphatic carbocycles. The minimum Gasteiger partial charge on any atom is -0.389 e. The highest BCUT2D eigenvalue weighted by Gasteiger charge is 2.23. The van der Waals surface area contributed by atoms with Gasteiger partial charge in [0.1, 0.15) is 5.82 Å². The van der Waals surface area contributed by atoms with Crippen molar-refractivity contribution < 1.29 is 9.90 Å². The summed E-state index contributed by atoms with van der Waals surface area (Å²) >= 11 is 0. The van der Waals surface area contributed by atoms with E-state index in [0.717, 1.165) is 37.3 Å². The average Bonchev–Trinajstić information content (AvgIpc) is 2.39. The number of hydrogen-bond donors (Lipinski definition) is 2. The van der Waals surface area contributed by atoms with Crippen LogP contribution in [0.25, 0.3) is 0 Å². The topological polar surface area (TPSA) is 79.5 Å². The van der Waals surface area contributed by atoms with Crippen LogP contribution in [-0.2, 0) is 4.79 Å². The van der Waals surface area contributed by atoms with E-state index in [1.807, 2.05) is 12.1 Å². The van der Waals surface area contributed by atoms with Crippen molar-refractivity contribution in [3.05, 3.63) is 23.9 Å². The summed E-state index contributed by atoms with van der Waals surface area (Å²) in [6, 6.07) is 3.74. The molecule has 0 aromatic carbocycles. The molecular weight excluding hydrogens is 242 g/mol. The molecule has 5 heteroatoms. The zero-order chi connectivity index (χ0) is 13.8. The van der Waals surface area contributed by atoms with Crippen molar-refractivity contribution in [1.82, 2.24) is 4.98 Å². The second-order valence-corrected chi connectivity index (χ2v) is 5.19. The van der Waals surface area contributed by atoms with Gasteiger partial charge in [0.15, 0.2) is 0 Å². The van der Waals surface area contributed by atoms with Crippen molar-refractivity contribution in [3.8, 4) is 0 Å². The zero-order valence-corrected chi connectivity index (χ0v) is 11.2. The fourth-order valence-corrected chi connectivity index (χ4v) is 2.63. The molecule has 0 bridgehead atoms. The van der Waals surface area contributed by atoms with Crippen LogP contribution in [0.3, 0.4) is 0 Å². The number of nitrogens with zero attached hydrogens (tertiary/aromatic N) is 2. The molecule has 1 aliphatic rings. The number of piperidine rings is 1. The lowest BCUT2D eigenvalue weighted by atomic mass is 9.93. The monoisotopic (exact) mass is 263 g/mol. The molecule has 5 nitrogen and oxygen atoms in total. The van der Waals surface area contributed by atoms with Crippen LogP contribution in [0.15, 0.2) is 18.3 Å². The molecule has 1 amide bonds. The summed E-state index contributed by atoms with van der Waals surface area (Å²) in [6.45, 7) is 3.46. The van der Waals surface area contributed by atoms with Crippen LogP contribution in [0, 0.1) is 5.92 Å². The van der Waals surface area contributed by atoms with Crippen LogP contribution in [0.5, 0.6) is 0 Å². The van der Waals surface area contributed by atoms with Gasteiger partial charge < -0.3 is 15.7 Å². The number of aliphatic hydroxyl groups is 1. The number of pyridine rings is 1. The number of anilines is 1. The molecule has 2 rings (SSSR count). The Hall–Kier alpha value is -1.62. The molecule has 0 unspecified atom stereocenters. The Bertz CT molecular complexity index is 440. The van der Waals surface area contributed by atoms with Gasteiger partial charge in [0.25, 0.3) is 0 Å². The standard InChI is InChI=1S/C14H21N3O2/c1-10(18)12-3-2-6-16-14(12)17-7-4-11(5-8-17)9-13(15)19/h2-3,6,10-11,18H,4-5,7-9H2,1H3,(H2,15,19)/t10-/m0/s1. The Morgan fingerprint density at radius 1 is 1.58 bits per heavy atom. The third kappa shape index (κ3) is 3.44. The molecule has 1 atom stereocenters. The van der Waals surface area contributed by atoms with Crippen molar-refractivity contribution >= 4 is 11.7 Å². The maximum atomic E-state index is 10.9. The molecule has 1 aromatic heterocycles. The number of primary amides is 1. The largest absolute Gasteiger partial charge is 0.389 e. The van der Waals surface area contributed by atoms with Gasteiger partial charge in [0, 0.05) is 31.3 Å². The lowest BCUT2D eigenvalue weighted by Crippen LogP contribution is -2.36. The van der Waals surface area contributed by atoms with Gasteiger partial charge in [0.2, 0.25) is 5.91 Å². The minimum absolute atomic E-state index is 0.221. The second-order valence-electron chi connectivity index (χ2n) is 5.19. The van der Waals surface area contributed by atoms with Crippen LogP contribution >= 0.6 is 0 Å². The van der Waals surface area contributed by atoms with Crippen molar-refractivity contribution in [2.75, 3.05) is 18.0 Å². The summed E-state index contributed by atoms with van der Waals surface area (Å²) in [4.78, 5) is 17.5.